The van der Waals surface area contributed by atoms with Gasteiger partial charge < -0.3 is 4.90 Å². The van der Waals surface area contributed by atoms with E-state index in [1.807, 2.05) is 35.2 Å². The van der Waals surface area contributed by atoms with Crippen molar-refractivity contribution in [2.24, 2.45) is 0 Å². The highest BCUT2D eigenvalue weighted by molar-refractivity contribution is 5.98. The lowest BCUT2D eigenvalue weighted by molar-refractivity contribution is -0.117. The third-order valence-corrected chi connectivity index (χ3v) is 4.43. The van der Waals surface area contributed by atoms with Crippen molar-refractivity contribution in [3.63, 3.8) is 0 Å². The number of carbonyl (C=O) groups is 1. The molecule has 1 aliphatic rings. The molecular weight excluding hydrogens is 270 g/mol. The fourth-order valence-electron chi connectivity index (χ4n) is 3.43. The number of amides is 1. The van der Waals surface area contributed by atoms with Gasteiger partial charge in [0.05, 0.1) is 6.04 Å². The normalized spacial score (nSPS) is 18.1. The molecule has 3 aromatic carbocycles. The lowest BCUT2D eigenvalue weighted by Gasteiger charge is -2.26. The van der Waals surface area contributed by atoms with Crippen LogP contribution in [0, 0.1) is 0 Å². The zero-order valence-electron chi connectivity index (χ0n) is 12.3. The van der Waals surface area contributed by atoms with E-state index in [1.165, 1.54) is 16.3 Å². The number of para-hydroxylation sites is 1. The molecule has 0 bridgehead atoms. The molecule has 1 saturated heterocycles. The van der Waals surface area contributed by atoms with Crippen molar-refractivity contribution in [1.29, 1.82) is 0 Å². The first-order chi connectivity index (χ1) is 10.8. The van der Waals surface area contributed by atoms with E-state index in [4.69, 9.17) is 0 Å². The molecule has 0 saturated carbocycles. The van der Waals surface area contributed by atoms with Gasteiger partial charge in [-0.1, -0.05) is 60.7 Å². The number of rotatable bonds is 2. The fourth-order valence-corrected chi connectivity index (χ4v) is 3.43. The SMILES string of the molecule is O=C1CCC(c2cccc3ccccc23)N1c1ccccc1. The van der Waals surface area contributed by atoms with E-state index in [2.05, 4.69) is 42.5 Å². The monoisotopic (exact) mass is 287 g/mol. The first-order valence-corrected chi connectivity index (χ1v) is 7.69. The number of carbonyl (C=O) groups excluding carboxylic acids is 1. The average Bonchev–Trinajstić information content (AvgIpc) is 2.96. The third kappa shape index (κ3) is 2.08. The van der Waals surface area contributed by atoms with Crippen LogP contribution in [0.25, 0.3) is 10.8 Å². The minimum absolute atomic E-state index is 0.126. The molecule has 1 unspecified atom stereocenters. The Balaban J connectivity index is 1.85. The molecule has 2 nitrogen and oxygen atoms in total. The number of hydrogen-bond acceptors (Lipinski definition) is 1. The van der Waals surface area contributed by atoms with Crippen LogP contribution in [0.15, 0.2) is 72.8 Å². The van der Waals surface area contributed by atoms with E-state index in [0.717, 1.165) is 12.1 Å². The largest absolute Gasteiger partial charge is 0.305 e. The molecule has 0 aromatic heterocycles. The van der Waals surface area contributed by atoms with Gasteiger partial charge in [-0.15, -0.1) is 0 Å². The summed E-state index contributed by atoms with van der Waals surface area (Å²) in [5, 5.41) is 2.47. The Morgan fingerprint density at radius 1 is 0.818 bits per heavy atom. The summed E-state index contributed by atoms with van der Waals surface area (Å²) in [4.78, 5) is 14.4. The number of fused-ring (bicyclic) bond motifs is 1. The molecule has 0 aliphatic carbocycles. The number of hydrogen-bond donors (Lipinski definition) is 0. The molecule has 108 valence electrons. The molecule has 22 heavy (non-hydrogen) atoms. The molecule has 0 N–H and O–H groups in total. The lowest BCUT2D eigenvalue weighted by atomic mass is 9.97. The van der Waals surface area contributed by atoms with Gasteiger partial charge in [0.15, 0.2) is 0 Å². The highest BCUT2D eigenvalue weighted by Gasteiger charge is 2.33. The summed E-state index contributed by atoms with van der Waals surface area (Å²) in [7, 11) is 0. The molecule has 2 heteroatoms. The minimum Gasteiger partial charge on any atom is -0.305 e. The molecular formula is C20H17NO. The molecule has 3 aromatic rings. The van der Waals surface area contributed by atoms with E-state index in [0.29, 0.717) is 6.42 Å². The molecule has 1 fully saturated rings. The molecule has 0 radical (unpaired) electrons. The summed E-state index contributed by atoms with van der Waals surface area (Å²) in [6.45, 7) is 0. The summed E-state index contributed by atoms with van der Waals surface area (Å²) in [6.07, 6.45) is 1.49. The van der Waals surface area contributed by atoms with E-state index in [-0.39, 0.29) is 11.9 Å². The van der Waals surface area contributed by atoms with Crippen molar-refractivity contribution in [3.05, 3.63) is 78.4 Å². The highest BCUT2D eigenvalue weighted by atomic mass is 16.2. The highest BCUT2D eigenvalue weighted by Crippen LogP contribution is 2.39. The third-order valence-electron chi connectivity index (χ3n) is 4.43. The van der Waals surface area contributed by atoms with Crippen molar-refractivity contribution in [2.75, 3.05) is 4.90 Å². The molecule has 1 aliphatic heterocycles. The lowest BCUT2D eigenvalue weighted by Crippen LogP contribution is -2.27. The smallest absolute Gasteiger partial charge is 0.227 e. The van der Waals surface area contributed by atoms with Crippen molar-refractivity contribution < 1.29 is 4.79 Å². The van der Waals surface area contributed by atoms with Crippen LogP contribution in [-0.2, 0) is 4.79 Å². The van der Waals surface area contributed by atoms with Crippen molar-refractivity contribution in [1.82, 2.24) is 0 Å². The van der Waals surface area contributed by atoms with Crippen molar-refractivity contribution in [2.45, 2.75) is 18.9 Å². The van der Waals surface area contributed by atoms with Gasteiger partial charge in [-0.25, -0.2) is 0 Å². The van der Waals surface area contributed by atoms with Crippen LogP contribution < -0.4 is 4.90 Å². The average molecular weight is 287 g/mol. The topological polar surface area (TPSA) is 20.3 Å². The number of benzene rings is 3. The maximum atomic E-state index is 12.4. The van der Waals surface area contributed by atoms with Crippen LogP contribution >= 0.6 is 0 Å². The Bertz CT molecular complexity index is 820. The Morgan fingerprint density at radius 2 is 1.55 bits per heavy atom. The van der Waals surface area contributed by atoms with E-state index in [1.54, 1.807) is 0 Å². The van der Waals surface area contributed by atoms with Gasteiger partial charge in [0.25, 0.3) is 0 Å². The van der Waals surface area contributed by atoms with Crippen LogP contribution in [0.1, 0.15) is 24.4 Å². The fraction of sp³-hybridized carbons (Fsp3) is 0.150. The molecule has 1 atom stereocenters. The second-order valence-electron chi connectivity index (χ2n) is 5.72. The number of nitrogens with zero attached hydrogens (tertiary/aromatic N) is 1. The molecule has 0 spiro atoms. The van der Waals surface area contributed by atoms with Gasteiger partial charge in [-0.05, 0) is 34.9 Å². The molecule has 1 heterocycles. The summed E-state index contributed by atoms with van der Waals surface area (Å²) in [5.41, 5.74) is 2.23. The zero-order valence-corrected chi connectivity index (χ0v) is 12.3. The van der Waals surface area contributed by atoms with E-state index in [9.17, 15) is 4.79 Å². The minimum atomic E-state index is 0.126. The first kappa shape index (κ1) is 13.1. The predicted molar refractivity (Wildman–Crippen MR) is 89.9 cm³/mol. The van der Waals surface area contributed by atoms with Gasteiger partial charge in [0.1, 0.15) is 0 Å². The predicted octanol–water partition coefficient (Wildman–Crippen LogP) is 4.71. The Hall–Kier alpha value is -2.61. The summed E-state index contributed by atoms with van der Waals surface area (Å²) >= 11 is 0. The van der Waals surface area contributed by atoms with Crippen LogP contribution in [-0.4, -0.2) is 5.91 Å². The van der Waals surface area contributed by atoms with Crippen LogP contribution in [0.2, 0.25) is 0 Å². The Morgan fingerprint density at radius 3 is 2.41 bits per heavy atom. The maximum absolute atomic E-state index is 12.4. The van der Waals surface area contributed by atoms with Crippen LogP contribution in [0.3, 0.4) is 0 Å². The molecule has 4 rings (SSSR count). The van der Waals surface area contributed by atoms with Crippen LogP contribution in [0.4, 0.5) is 5.69 Å². The van der Waals surface area contributed by atoms with Crippen molar-refractivity contribution >= 4 is 22.4 Å². The first-order valence-electron chi connectivity index (χ1n) is 7.69. The second kappa shape index (κ2) is 5.30. The summed E-state index contributed by atoms with van der Waals surface area (Å²) < 4.78 is 0. The van der Waals surface area contributed by atoms with Crippen molar-refractivity contribution in [3.8, 4) is 0 Å². The standard InChI is InChI=1S/C20H17NO/c22-20-14-13-19(21(20)16-9-2-1-3-10-16)18-12-6-8-15-7-4-5-11-17(15)18/h1-12,19H,13-14H2. The summed E-state index contributed by atoms with van der Waals surface area (Å²) in [5.74, 6) is 0.212. The van der Waals surface area contributed by atoms with Gasteiger partial charge in [-0.2, -0.15) is 0 Å². The Labute approximate surface area is 130 Å². The Kier molecular flexibility index (Phi) is 3.15. The van der Waals surface area contributed by atoms with Gasteiger partial charge in [-0.3, -0.25) is 4.79 Å². The summed E-state index contributed by atoms with van der Waals surface area (Å²) in [6, 6.07) is 24.9. The van der Waals surface area contributed by atoms with E-state index < -0.39 is 0 Å². The zero-order chi connectivity index (χ0) is 14.9. The van der Waals surface area contributed by atoms with Crippen LogP contribution in [0.5, 0.6) is 0 Å². The quantitative estimate of drug-likeness (QED) is 0.668. The second-order valence-corrected chi connectivity index (χ2v) is 5.72. The van der Waals surface area contributed by atoms with Gasteiger partial charge in [0.2, 0.25) is 5.91 Å². The maximum Gasteiger partial charge on any atom is 0.227 e. The van der Waals surface area contributed by atoms with E-state index >= 15 is 0 Å². The van der Waals surface area contributed by atoms with Gasteiger partial charge in [0, 0.05) is 12.1 Å². The molecule has 1 amide bonds. The van der Waals surface area contributed by atoms with Gasteiger partial charge >= 0.3 is 0 Å². The number of anilines is 1.